The van der Waals surface area contributed by atoms with Crippen molar-refractivity contribution >= 4 is 20.3 Å². The molecule has 0 N–H and O–H groups in total. The Labute approximate surface area is 205 Å². The van der Waals surface area contributed by atoms with E-state index in [1.165, 1.54) is 4.90 Å². The summed E-state index contributed by atoms with van der Waals surface area (Å²) in [6.45, 7) is 12.3. The van der Waals surface area contributed by atoms with Gasteiger partial charge < -0.3 is 9.16 Å². The molecule has 0 unspecified atom stereocenters. The van der Waals surface area contributed by atoms with Crippen LogP contribution >= 0.6 is 0 Å². The summed E-state index contributed by atoms with van der Waals surface area (Å²) in [5.74, 6) is -0.130. The maximum absolute atomic E-state index is 13.4. The number of rotatable bonds is 10. The predicted molar refractivity (Wildman–Crippen MR) is 138 cm³/mol. The number of hydrogen-bond acceptors (Lipinski definition) is 4. The van der Waals surface area contributed by atoms with Crippen molar-refractivity contribution in [3.63, 3.8) is 0 Å². The summed E-state index contributed by atoms with van der Waals surface area (Å²) >= 11 is 0. The second kappa shape index (κ2) is 11.3. The molecule has 1 aliphatic rings. The van der Waals surface area contributed by atoms with Crippen molar-refractivity contribution in [2.75, 3.05) is 13.2 Å². The highest BCUT2D eigenvalue weighted by Gasteiger charge is 2.39. The maximum atomic E-state index is 13.4. The van der Waals surface area contributed by atoms with Crippen molar-refractivity contribution in [1.29, 1.82) is 0 Å². The lowest BCUT2D eigenvalue weighted by atomic mass is 9.90. The van der Waals surface area contributed by atoms with E-state index in [-0.39, 0.29) is 35.9 Å². The first-order valence-corrected chi connectivity index (χ1v) is 15.2. The summed E-state index contributed by atoms with van der Waals surface area (Å²) < 4.78 is 11.6. The molecule has 34 heavy (non-hydrogen) atoms. The molecule has 0 aliphatic carbocycles. The van der Waals surface area contributed by atoms with Crippen LogP contribution in [0.2, 0.25) is 18.1 Å². The molecule has 2 aromatic carbocycles. The molecule has 1 saturated heterocycles. The van der Waals surface area contributed by atoms with Crippen molar-refractivity contribution < 1.29 is 18.8 Å². The van der Waals surface area contributed by atoms with Crippen LogP contribution in [0.5, 0.6) is 0 Å². The van der Waals surface area contributed by atoms with Crippen LogP contribution in [0.25, 0.3) is 0 Å². The van der Waals surface area contributed by atoms with E-state index in [1.54, 1.807) is 0 Å². The van der Waals surface area contributed by atoms with Crippen molar-refractivity contribution in [3.8, 4) is 0 Å². The lowest BCUT2D eigenvalue weighted by Gasteiger charge is -2.36. The maximum Gasteiger partial charge on any atom is 0.417 e. The molecule has 1 fully saturated rings. The number of amides is 2. The van der Waals surface area contributed by atoms with E-state index in [9.17, 15) is 9.59 Å². The van der Waals surface area contributed by atoms with Crippen LogP contribution < -0.4 is 0 Å². The minimum atomic E-state index is -1.75. The lowest BCUT2D eigenvalue weighted by Crippen LogP contribution is -2.40. The third-order valence-electron chi connectivity index (χ3n) is 7.23. The summed E-state index contributed by atoms with van der Waals surface area (Å²) in [6, 6.07) is 19.4. The normalized spacial score (nSPS) is 17.5. The first-order valence-electron chi connectivity index (χ1n) is 12.3. The molecule has 6 heteroatoms. The van der Waals surface area contributed by atoms with Gasteiger partial charge in [-0.25, -0.2) is 9.69 Å². The molecular formula is C28H39NO4Si. The molecule has 5 nitrogen and oxygen atoms in total. The number of imide groups is 1. The van der Waals surface area contributed by atoms with Crippen molar-refractivity contribution in [2.24, 2.45) is 0 Å². The molecule has 1 aliphatic heterocycles. The number of unbranched alkanes of at least 4 members (excludes halogenated alkanes) is 1. The fourth-order valence-corrected chi connectivity index (χ4v) is 5.16. The third kappa shape index (κ3) is 6.57. The number of cyclic esters (lactones) is 1. The second-order valence-electron chi connectivity index (χ2n) is 10.7. The first kappa shape index (κ1) is 26.2. The largest absolute Gasteiger partial charge is 0.446 e. The number of benzene rings is 2. The molecule has 0 bridgehead atoms. The quantitative estimate of drug-likeness (QED) is 0.269. The van der Waals surface area contributed by atoms with Gasteiger partial charge in [-0.1, -0.05) is 87.9 Å². The Morgan fingerprint density at radius 2 is 1.68 bits per heavy atom. The van der Waals surface area contributed by atoms with Gasteiger partial charge in [-0.2, -0.15) is 0 Å². The van der Waals surface area contributed by atoms with Gasteiger partial charge in [0.05, 0.1) is 0 Å². The fourth-order valence-electron chi connectivity index (χ4n) is 4.08. The van der Waals surface area contributed by atoms with Gasteiger partial charge in [0.2, 0.25) is 5.91 Å². The summed E-state index contributed by atoms with van der Waals surface area (Å²) in [5, 5.41) is 0.200. The van der Waals surface area contributed by atoms with E-state index in [2.05, 4.69) is 46.0 Å². The van der Waals surface area contributed by atoms with Crippen LogP contribution in [-0.4, -0.2) is 38.4 Å². The topological polar surface area (TPSA) is 55.8 Å². The number of ether oxygens (including phenoxy) is 1. The fraction of sp³-hybridized carbons (Fsp3) is 0.500. The average molecular weight is 482 g/mol. The first-order chi connectivity index (χ1) is 16.1. The molecule has 0 radical (unpaired) electrons. The molecule has 1 heterocycles. The number of hydrogen-bond donors (Lipinski definition) is 0. The van der Waals surface area contributed by atoms with E-state index >= 15 is 0 Å². The Morgan fingerprint density at radius 3 is 2.29 bits per heavy atom. The smallest absolute Gasteiger partial charge is 0.417 e. The summed E-state index contributed by atoms with van der Waals surface area (Å²) in [6.07, 6.45) is 2.53. The molecule has 2 amide bonds. The number of nitrogens with zero attached hydrogens (tertiary/aromatic N) is 1. The van der Waals surface area contributed by atoms with E-state index in [4.69, 9.17) is 9.16 Å². The summed E-state index contributed by atoms with van der Waals surface area (Å²) in [4.78, 5) is 27.1. The van der Waals surface area contributed by atoms with E-state index in [0.29, 0.717) is 0 Å². The highest BCUT2D eigenvalue weighted by Crippen LogP contribution is 2.37. The van der Waals surface area contributed by atoms with E-state index < -0.39 is 14.4 Å². The standard InChI is InChI=1S/C28H39NO4Si/c1-28(2,3)34(4,5)33-19-13-12-18-24(22-14-8-6-9-15-22)20-26(30)29-25(21-32-27(29)31)23-16-10-7-11-17-23/h6-11,14-17,24-25H,12-13,18-21H2,1-5H3/t24-,25+/m1/s1. The zero-order chi connectivity index (χ0) is 24.8. The highest BCUT2D eigenvalue weighted by molar-refractivity contribution is 6.74. The van der Waals surface area contributed by atoms with E-state index in [1.807, 2.05) is 48.5 Å². The molecule has 0 saturated carbocycles. The second-order valence-corrected chi connectivity index (χ2v) is 15.5. The molecule has 184 valence electrons. The van der Waals surface area contributed by atoms with E-state index in [0.717, 1.165) is 37.0 Å². The van der Waals surface area contributed by atoms with Gasteiger partial charge >= 0.3 is 6.09 Å². The number of carbonyl (C=O) groups is 2. The molecule has 2 aromatic rings. The Hall–Kier alpha value is -2.44. The molecule has 2 atom stereocenters. The monoisotopic (exact) mass is 481 g/mol. The Balaban J connectivity index is 1.63. The predicted octanol–water partition coefficient (Wildman–Crippen LogP) is 7.07. The van der Waals surface area contributed by atoms with Gasteiger partial charge in [-0.15, -0.1) is 0 Å². The molecule has 0 aromatic heterocycles. The third-order valence-corrected chi connectivity index (χ3v) is 11.8. The zero-order valence-electron chi connectivity index (χ0n) is 21.3. The Morgan fingerprint density at radius 1 is 1.06 bits per heavy atom. The summed E-state index contributed by atoms with van der Waals surface area (Å²) in [7, 11) is -1.75. The van der Waals surface area contributed by atoms with Gasteiger partial charge in [-0.05, 0) is 48.0 Å². The molecule has 3 rings (SSSR count). The molecular weight excluding hydrogens is 442 g/mol. The van der Waals surface area contributed by atoms with Crippen LogP contribution in [0.3, 0.4) is 0 Å². The molecule has 0 spiro atoms. The zero-order valence-corrected chi connectivity index (χ0v) is 22.3. The van der Waals surface area contributed by atoms with Crippen molar-refractivity contribution in [3.05, 3.63) is 71.8 Å². The van der Waals surface area contributed by atoms with Gasteiger partial charge in [0.25, 0.3) is 0 Å². The minimum absolute atomic E-state index is 0.0476. The van der Waals surface area contributed by atoms with Crippen molar-refractivity contribution in [1.82, 2.24) is 4.90 Å². The van der Waals surface area contributed by atoms with Crippen LogP contribution in [0.15, 0.2) is 60.7 Å². The van der Waals surface area contributed by atoms with Gasteiger partial charge in [-0.3, -0.25) is 4.79 Å². The van der Waals surface area contributed by atoms with Crippen LogP contribution in [0.4, 0.5) is 4.79 Å². The van der Waals surface area contributed by atoms with Gasteiger partial charge in [0, 0.05) is 13.0 Å². The lowest BCUT2D eigenvalue weighted by molar-refractivity contribution is -0.129. The Kier molecular flexibility index (Phi) is 8.71. The van der Waals surface area contributed by atoms with Crippen LogP contribution in [0, 0.1) is 0 Å². The average Bonchev–Trinajstić information content (AvgIpc) is 3.20. The van der Waals surface area contributed by atoms with Crippen LogP contribution in [0.1, 0.15) is 69.5 Å². The van der Waals surface area contributed by atoms with Crippen LogP contribution in [-0.2, 0) is 14.0 Å². The van der Waals surface area contributed by atoms with Gasteiger partial charge in [0.1, 0.15) is 12.6 Å². The van der Waals surface area contributed by atoms with Gasteiger partial charge in [0.15, 0.2) is 8.32 Å². The minimum Gasteiger partial charge on any atom is -0.446 e. The van der Waals surface area contributed by atoms with Crippen molar-refractivity contribution in [2.45, 2.75) is 76.5 Å². The Bertz CT molecular complexity index is 940. The number of carbonyl (C=O) groups excluding carboxylic acids is 2. The summed E-state index contributed by atoms with van der Waals surface area (Å²) in [5.41, 5.74) is 2.05. The highest BCUT2D eigenvalue weighted by atomic mass is 28.4. The SMILES string of the molecule is CC(C)(C)[Si](C)(C)OCCCC[C@H](CC(=O)N1C(=O)OC[C@H]1c1ccccc1)c1ccccc1.